The predicted octanol–water partition coefficient (Wildman–Crippen LogP) is 3.13. The molecule has 27 heavy (non-hydrogen) atoms. The van der Waals surface area contributed by atoms with Gasteiger partial charge in [-0.1, -0.05) is 18.2 Å². The topological polar surface area (TPSA) is 105 Å². The van der Waals surface area contributed by atoms with Crippen molar-refractivity contribution in [3.05, 3.63) is 46.3 Å². The molecule has 1 heterocycles. The Morgan fingerprint density at radius 2 is 1.74 bits per heavy atom. The minimum Gasteiger partial charge on any atom is -0.465 e. The maximum Gasteiger partial charge on any atom is 0.348 e. The highest BCUT2D eigenvalue weighted by atomic mass is 32.2. The fraction of sp³-hybridized carbons (Fsp3) is 0.278. The molecule has 0 bridgehead atoms. The van der Waals surface area contributed by atoms with Crippen LogP contribution >= 0.6 is 23.1 Å². The molecule has 7 nitrogen and oxygen atoms in total. The molecule has 0 aliphatic heterocycles. The standard InChI is InChI=1S/C18H19NO6S2/c1-10(26-11-7-5-4-6-8-11)16(20)25-9-12-13(17(21)23-2)15(19)27-14(12)18(22)24-3/h4-8,10H,9,19H2,1-3H3/t10-/m1/s1. The molecule has 0 aliphatic carbocycles. The highest BCUT2D eigenvalue weighted by molar-refractivity contribution is 8.00. The summed E-state index contributed by atoms with van der Waals surface area (Å²) in [7, 11) is 2.41. The lowest BCUT2D eigenvalue weighted by Crippen LogP contribution is -2.18. The minimum absolute atomic E-state index is 0.0130. The summed E-state index contributed by atoms with van der Waals surface area (Å²) in [6.07, 6.45) is 0. The van der Waals surface area contributed by atoms with Crippen LogP contribution in [-0.2, 0) is 25.6 Å². The summed E-state index contributed by atoms with van der Waals surface area (Å²) < 4.78 is 14.7. The van der Waals surface area contributed by atoms with Crippen molar-refractivity contribution in [3.63, 3.8) is 0 Å². The lowest BCUT2D eigenvalue weighted by Gasteiger charge is -2.12. The van der Waals surface area contributed by atoms with Crippen LogP contribution in [0.3, 0.4) is 0 Å². The summed E-state index contributed by atoms with van der Waals surface area (Å²) in [4.78, 5) is 37.3. The average molecular weight is 409 g/mol. The lowest BCUT2D eigenvalue weighted by molar-refractivity contribution is -0.143. The molecular formula is C18H19NO6S2. The first-order chi connectivity index (χ1) is 12.9. The Bertz CT molecular complexity index is 834. The number of esters is 3. The van der Waals surface area contributed by atoms with E-state index >= 15 is 0 Å². The molecule has 144 valence electrons. The van der Waals surface area contributed by atoms with Gasteiger partial charge in [-0.05, 0) is 19.1 Å². The molecule has 0 amide bonds. The highest BCUT2D eigenvalue weighted by Crippen LogP contribution is 2.33. The van der Waals surface area contributed by atoms with Gasteiger partial charge in [0.1, 0.15) is 27.3 Å². The number of methoxy groups -OCH3 is 2. The quantitative estimate of drug-likeness (QED) is 0.422. The number of hydrogen-bond acceptors (Lipinski definition) is 9. The van der Waals surface area contributed by atoms with Gasteiger partial charge in [0, 0.05) is 10.5 Å². The number of nitrogen functional groups attached to an aromatic ring is 1. The van der Waals surface area contributed by atoms with E-state index in [1.54, 1.807) is 6.92 Å². The second-order valence-corrected chi connectivity index (χ2v) is 7.78. The monoisotopic (exact) mass is 409 g/mol. The van der Waals surface area contributed by atoms with Crippen LogP contribution in [0, 0.1) is 0 Å². The third kappa shape index (κ3) is 5.01. The summed E-state index contributed by atoms with van der Waals surface area (Å²) in [6.45, 7) is 1.42. The Kier molecular flexibility index (Phi) is 7.26. The molecule has 0 radical (unpaired) electrons. The number of benzene rings is 1. The number of carbonyl (C=O) groups excluding carboxylic acids is 3. The van der Waals surface area contributed by atoms with E-state index in [0.29, 0.717) is 0 Å². The van der Waals surface area contributed by atoms with Gasteiger partial charge < -0.3 is 19.9 Å². The van der Waals surface area contributed by atoms with Crippen LogP contribution < -0.4 is 5.73 Å². The van der Waals surface area contributed by atoms with Gasteiger partial charge in [-0.15, -0.1) is 23.1 Å². The van der Waals surface area contributed by atoms with E-state index in [1.807, 2.05) is 30.3 Å². The summed E-state index contributed by atoms with van der Waals surface area (Å²) in [5.74, 6) is -1.86. The number of rotatable bonds is 7. The molecule has 0 spiro atoms. The number of nitrogens with two attached hydrogens (primary N) is 1. The van der Waals surface area contributed by atoms with Crippen molar-refractivity contribution in [3.8, 4) is 0 Å². The zero-order chi connectivity index (χ0) is 20.0. The Labute approximate surface area is 164 Å². The van der Waals surface area contributed by atoms with Crippen LogP contribution in [0.15, 0.2) is 35.2 Å². The van der Waals surface area contributed by atoms with Gasteiger partial charge in [-0.3, -0.25) is 4.79 Å². The van der Waals surface area contributed by atoms with Gasteiger partial charge in [0.05, 0.1) is 14.2 Å². The Morgan fingerprint density at radius 3 is 2.33 bits per heavy atom. The van der Waals surface area contributed by atoms with Gasteiger partial charge in [0.2, 0.25) is 0 Å². The Balaban J connectivity index is 2.16. The fourth-order valence-electron chi connectivity index (χ4n) is 2.22. The molecule has 9 heteroatoms. The number of ether oxygens (including phenoxy) is 3. The van der Waals surface area contributed by atoms with Crippen molar-refractivity contribution in [1.29, 1.82) is 0 Å². The average Bonchev–Trinajstić information content (AvgIpc) is 3.01. The molecule has 0 fully saturated rings. The molecule has 0 saturated heterocycles. The van der Waals surface area contributed by atoms with Gasteiger partial charge in [-0.25, -0.2) is 9.59 Å². The van der Waals surface area contributed by atoms with Crippen molar-refractivity contribution in [2.24, 2.45) is 0 Å². The van der Waals surface area contributed by atoms with Crippen LogP contribution in [0.25, 0.3) is 0 Å². The molecule has 1 aromatic heterocycles. The van der Waals surface area contributed by atoms with Crippen LogP contribution in [0.1, 0.15) is 32.5 Å². The number of carbonyl (C=O) groups is 3. The SMILES string of the molecule is COC(=O)c1sc(N)c(C(=O)OC)c1COC(=O)[C@@H](C)Sc1ccccc1. The molecule has 1 aromatic carbocycles. The number of anilines is 1. The predicted molar refractivity (Wildman–Crippen MR) is 103 cm³/mol. The first-order valence-corrected chi connectivity index (χ1v) is 9.54. The first kappa shape index (κ1) is 20.8. The van der Waals surface area contributed by atoms with E-state index < -0.39 is 23.2 Å². The molecule has 2 rings (SSSR count). The minimum atomic E-state index is -0.711. The van der Waals surface area contributed by atoms with Crippen LogP contribution in [0.4, 0.5) is 5.00 Å². The Morgan fingerprint density at radius 1 is 1.11 bits per heavy atom. The van der Waals surface area contributed by atoms with Gasteiger partial charge >= 0.3 is 17.9 Å². The van der Waals surface area contributed by atoms with E-state index in [2.05, 4.69) is 0 Å². The van der Waals surface area contributed by atoms with Crippen molar-refractivity contribution >= 4 is 46.0 Å². The number of hydrogen-bond donors (Lipinski definition) is 1. The van der Waals surface area contributed by atoms with Crippen LogP contribution in [0.5, 0.6) is 0 Å². The maximum absolute atomic E-state index is 12.3. The van der Waals surface area contributed by atoms with Crippen molar-refractivity contribution in [2.75, 3.05) is 20.0 Å². The molecule has 1 atom stereocenters. The highest BCUT2D eigenvalue weighted by Gasteiger charge is 2.28. The van der Waals surface area contributed by atoms with E-state index in [0.717, 1.165) is 16.2 Å². The van der Waals surface area contributed by atoms with Gasteiger partial charge in [-0.2, -0.15) is 0 Å². The smallest absolute Gasteiger partial charge is 0.348 e. The summed E-state index contributed by atoms with van der Waals surface area (Å²) >= 11 is 2.23. The lowest BCUT2D eigenvalue weighted by atomic mass is 10.1. The van der Waals surface area contributed by atoms with Gasteiger partial charge in [0.25, 0.3) is 0 Å². The van der Waals surface area contributed by atoms with E-state index in [1.165, 1.54) is 26.0 Å². The third-order valence-electron chi connectivity index (χ3n) is 3.54. The summed E-state index contributed by atoms with van der Waals surface area (Å²) in [6, 6.07) is 9.41. The maximum atomic E-state index is 12.3. The van der Waals surface area contributed by atoms with Crippen molar-refractivity contribution < 1.29 is 28.6 Å². The van der Waals surface area contributed by atoms with Crippen molar-refractivity contribution in [1.82, 2.24) is 0 Å². The molecule has 2 N–H and O–H groups in total. The molecule has 0 aliphatic rings. The van der Waals surface area contributed by atoms with Gasteiger partial charge in [0.15, 0.2) is 0 Å². The molecule has 0 unspecified atom stereocenters. The van der Waals surface area contributed by atoms with E-state index in [-0.39, 0.29) is 27.6 Å². The number of thioether (sulfide) groups is 1. The van der Waals surface area contributed by atoms with Crippen LogP contribution in [0.2, 0.25) is 0 Å². The second-order valence-electron chi connectivity index (χ2n) is 5.31. The van der Waals surface area contributed by atoms with Crippen LogP contribution in [-0.4, -0.2) is 37.4 Å². The summed E-state index contributed by atoms with van der Waals surface area (Å²) in [5.41, 5.74) is 6.04. The van der Waals surface area contributed by atoms with Crippen molar-refractivity contribution in [2.45, 2.75) is 23.7 Å². The first-order valence-electron chi connectivity index (χ1n) is 7.85. The second kappa shape index (κ2) is 9.43. The van der Waals surface area contributed by atoms with E-state index in [4.69, 9.17) is 19.9 Å². The largest absolute Gasteiger partial charge is 0.465 e. The zero-order valence-corrected chi connectivity index (χ0v) is 16.6. The molecular weight excluding hydrogens is 390 g/mol. The molecule has 0 saturated carbocycles. The fourth-order valence-corrected chi connectivity index (χ4v) is 4.08. The summed E-state index contributed by atoms with van der Waals surface area (Å²) in [5, 5.41) is -0.383. The Hall–Kier alpha value is -2.52. The molecule has 2 aromatic rings. The zero-order valence-electron chi connectivity index (χ0n) is 15.0. The van der Waals surface area contributed by atoms with E-state index in [9.17, 15) is 14.4 Å². The normalized spacial score (nSPS) is 11.5. The number of thiophene rings is 1. The third-order valence-corrected chi connectivity index (χ3v) is 5.67.